The Kier molecular flexibility index (Phi) is 6.65. The van der Waals surface area contributed by atoms with Crippen molar-refractivity contribution in [2.24, 2.45) is 5.14 Å². The number of likely N-dealkylation sites (tertiary alicyclic amines) is 1. The van der Waals surface area contributed by atoms with Crippen LogP contribution in [0.1, 0.15) is 49.9 Å². The summed E-state index contributed by atoms with van der Waals surface area (Å²) in [4.78, 5) is 26.5. The zero-order valence-electron chi connectivity index (χ0n) is 14.8. The van der Waals surface area contributed by atoms with Crippen molar-refractivity contribution in [1.82, 2.24) is 4.90 Å². The summed E-state index contributed by atoms with van der Waals surface area (Å²) in [6.45, 7) is 4.16. The van der Waals surface area contributed by atoms with Gasteiger partial charge in [0.2, 0.25) is 10.0 Å². The molecule has 1 saturated heterocycles. The van der Waals surface area contributed by atoms with Crippen LogP contribution >= 0.6 is 11.6 Å². The zero-order valence-corrected chi connectivity index (χ0v) is 16.3. The first-order valence-corrected chi connectivity index (χ1v) is 10.4. The van der Waals surface area contributed by atoms with E-state index in [4.69, 9.17) is 21.5 Å². The van der Waals surface area contributed by atoms with Crippen LogP contribution in [0.25, 0.3) is 0 Å². The molecule has 2 N–H and O–H groups in total. The number of primary sulfonamides is 1. The fraction of sp³-hybridized carbons (Fsp3) is 0.529. The number of ether oxygens (including phenoxy) is 1. The van der Waals surface area contributed by atoms with Gasteiger partial charge in [-0.3, -0.25) is 4.79 Å². The Bertz CT molecular complexity index is 796. The van der Waals surface area contributed by atoms with E-state index in [2.05, 4.69) is 0 Å². The van der Waals surface area contributed by atoms with Crippen molar-refractivity contribution in [2.45, 2.75) is 56.6 Å². The van der Waals surface area contributed by atoms with Gasteiger partial charge in [-0.15, -0.1) is 0 Å². The van der Waals surface area contributed by atoms with Crippen LogP contribution in [0, 0.1) is 0 Å². The molecule has 0 saturated carbocycles. The second-order valence-electron chi connectivity index (χ2n) is 6.32. The molecule has 1 aromatic carbocycles. The quantitative estimate of drug-likeness (QED) is 0.760. The van der Waals surface area contributed by atoms with Gasteiger partial charge in [0, 0.05) is 12.6 Å². The van der Waals surface area contributed by atoms with Gasteiger partial charge in [0.15, 0.2) is 6.10 Å². The van der Waals surface area contributed by atoms with Gasteiger partial charge in [-0.1, -0.05) is 18.5 Å². The monoisotopic (exact) mass is 402 g/mol. The van der Waals surface area contributed by atoms with Gasteiger partial charge in [-0.05, 0) is 50.8 Å². The average Bonchev–Trinajstić information content (AvgIpc) is 2.60. The molecule has 1 aliphatic heterocycles. The second-order valence-corrected chi connectivity index (χ2v) is 8.29. The molecule has 9 heteroatoms. The number of sulfonamides is 1. The molecule has 0 aliphatic carbocycles. The van der Waals surface area contributed by atoms with E-state index < -0.39 is 22.1 Å². The molecule has 0 spiro atoms. The highest BCUT2D eigenvalue weighted by atomic mass is 35.5. The molecule has 1 aliphatic rings. The maximum atomic E-state index is 12.6. The van der Waals surface area contributed by atoms with Crippen molar-refractivity contribution in [3.63, 3.8) is 0 Å². The third kappa shape index (κ3) is 4.75. The van der Waals surface area contributed by atoms with Crippen LogP contribution in [0.3, 0.4) is 0 Å². The minimum Gasteiger partial charge on any atom is -0.449 e. The number of nitrogens with two attached hydrogens (primary N) is 1. The number of nitrogens with zero attached hydrogens (tertiary/aromatic N) is 1. The van der Waals surface area contributed by atoms with Crippen molar-refractivity contribution < 1.29 is 22.7 Å². The molecule has 1 heterocycles. The average molecular weight is 403 g/mol. The highest BCUT2D eigenvalue weighted by Gasteiger charge is 2.31. The molecule has 0 aromatic heterocycles. The number of rotatable bonds is 5. The minimum atomic E-state index is -3.99. The predicted molar refractivity (Wildman–Crippen MR) is 97.3 cm³/mol. The van der Waals surface area contributed by atoms with Gasteiger partial charge in [0.05, 0.1) is 15.5 Å². The fourth-order valence-electron chi connectivity index (χ4n) is 3.06. The first-order chi connectivity index (χ1) is 12.1. The maximum absolute atomic E-state index is 12.6. The third-order valence-electron chi connectivity index (χ3n) is 4.50. The van der Waals surface area contributed by atoms with Gasteiger partial charge in [0.1, 0.15) is 0 Å². The molecule has 0 bridgehead atoms. The summed E-state index contributed by atoms with van der Waals surface area (Å²) in [7, 11) is -3.99. The molecule has 1 amide bonds. The van der Waals surface area contributed by atoms with Gasteiger partial charge in [0.25, 0.3) is 5.91 Å². The summed E-state index contributed by atoms with van der Waals surface area (Å²) in [6.07, 6.45) is 2.78. The molecule has 26 heavy (non-hydrogen) atoms. The van der Waals surface area contributed by atoms with E-state index in [-0.39, 0.29) is 27.4 Å². The standard InChI is InChI=1S/C17H23ClN2O5S/c1-3-12-6-4-5-9-20(12)16(21)11(2)25-17(22)14-10-13(26(19,23)24)7-8-15(14)18/h7-8,10-12H,3-6,9H2,1-2H3,(H2,19,23,24). The van der Waals surface area contributed by atoms with Gasteiger partial charge in [-0.25, -0.2) is 18.4 Å². The van der Waals surface area contributed by atoms with Crippen LogP contribution in [0.5, 0.6) is 0 Å². The molecule has 2 rings (SSSR count). The Hall–Kier alpha value is -1.64. The lowest BCUT2D eigenvalue weighted by atomic mass is 9.99. The Balaban J connectivity index is 2.15. The minimum absolute atomic E-state index is 0.0199. The summed E-state index contributed by atoms with van der Waals surface area (Å²) in [5, 5.41) is 5.09. The second kappa shape index (κ2) is 8.37. The number of carbonyl (C=O) groups is 2. The molecular formula is C17H23ClN2O5S. The number of benzene rings is 1. The van der Waals surface area contributed by atoms with Crippen LogP contribution in [0.15, 0.2) is 23.1 Å². The van der Waals surface area contributed by atoms with Crippen molar-refractivity contribution in [3.8, 4) is 0 Å². The van der Waals surface area contributed by atoms with Crippen LogP contribution in [0.2, 0.25) is 5.02 Å². The molecule has 7 nitrogen and oxygen atoms in total. The Morgan fingerprint density at radius 3 is 2.69 bits per heavy atom. The van der Waals surface area contributed by atoms with E-state index in [1.807, 2.05) is 6.92 Å². The van der Waals surface area contributed by atoms with Gasteiger partial charge < -0.3 is 9.64 Å². The number of esters is 1. The molecule has 1 aromatic rings. The third-order valence-corrected chi connectivity index (χ3v) is 5.74. The smallest absolute Gasteiger partial charge is 0.340 e. The summed E-state index contributed by atoms with van der Waals surface area (Å²) in [5.74, 6) is -1.13. The van der Waals surface area contributed by atoms with E-state index in [0.717, 1.165) is 31.7 Å². The van der Waals surface area contributed by atoms with E-state index in [0.29, 0.717) is 6.54 Å². The molecule has 1 fully saturated rings. The normalized spacial score (nSPS) is 19.1. The van der Waals surface area contributed by atoms with E-state index in [9.17, 15) is 18.0 Å². The lowest BCUT2D eigenvalue weighted by Gasteiger charge is -2.36. The fourth-order valence-corrected chi connectivity index (χ4v) is 3.80. The first-order valence-electron chi connectivity index (χ1n) is 8.49. The SMILES string of the molecule is CCC1CCCCN1C(=O)C(C)OC(=O)c1cc(S(N)(=O)=O)ccc1Cl. The molecule has 0 radical (unpaired) electrons. The van der Waals surface area contributed by atoms with E-state index in [1.54, 1.807) is 4.90 Å². The van der Waals surface area contributed by atoms with Gasteiger partial charge in [-0.2, -0.15) is 0 Å². The zero-order chi connectivity index (χ0) is 19.5. The largest absolute Gasteiger partial charge is 0.449 e. The number of hydrogen-bond donors (Lipinski definition) is 1. The lowest BCUT2D eigenvalue weighted by Crippen LogP contribution is -2.48. The topological polar surface area (TPSA) is 107 Å². The van der Waals surface area contributed by atoms with Crippen molar-refractivity contribution in [1.29, 1.82) is 0 Å². The molecule has 2 unspecified atom stereocenters. The summed E-state index contributed by atoms with van der Waals surface area (Å²) < 4.78 is 28.1. The molecular weight excluding hydrogens is 380 g/mol. The summed E-state index contributed by atoms with van der Waals surface area (Å²) >= 11 is 5.97. The van der Waals surface area contributed by atoms with Crippen LogP contribution in [-0.2, 0) is 19.6 Å². The Morgan fingerprint density at radius 1 is 1.38 bits per heavy atom. The Labute approximate surface area is 158 Å². The number of hydrogen-bond acceptors (Lipinski definition) is 5. The predicted octanol–water partition coefficient (Wildman–Crippen LogP) is 2.32. The number of amides is 1. The maximum Gasteiger partial charge on any atom is 0.340 e. The van der Waals surface area contributed by atoms with Crippen molar-refractivity contribution >= 4 is 33.5 Å². The van der Waals surface area contributed by atoms with Crippen molar-refractivity contribution in [3.05, 3.63) is 28.8 Å². The van der Waals surface area contributed by atoms with E-state index in [1.165, 1.54) is 19.1 Å². The van der Waals surface area contributed by atoms with Crippen molar-refractivity contribution in [2.75, 3.05) is 6.54 Å². The highest BCUT2D eigenvalue weighted by Crippen LogP contribution is 2.23. The number of piperidine rings is 1. The number of halogens is 1. The van der Waals surface area contributed by atoms with E-state index >= 15 is 0 Å². The number of carbonyl (C=O) groups excluding carboxylic acids is 2. The molecule has 144 valence electrons. The molecule has 2 atom stereocenters. The highest BCUT2D eigenvalue weighted by molar-refractivity contribution is 7.89. The summed E-state index contributed by atoms with van der Waals surface area (Å²) in [6, 6.07) is 3.64. The van der Waals surface area contributed by atoms with Gasteiger partial charge >= 0.3 is 5.97 Å². The van der Waals surface area contributed by atoms with Crippen LogP contribution in [-0.4, -0.2) is 43.9 Å². The Morgan fingerprint density at radius 2 is 2.08 bits per heavy atom. The lowest BCUT2D eigenvalue weighted by molar-refractivity contribution is -0.143. The summed E-state index contributed by atoms with van der Waals surface area (Å²) in [5.41, 5.74) is -0.150. The van der Waals surface area contributed by atoms with Crippen LogP contribution in [0.4, 0.5) is 0 Å². The first kappa shape index (κ1) is 20.7. The van der Waals surface area contributed by atoms with Crippen LogP contribution < -0.4 is 5.14 Å².